The van der Waals surface area contributed by atoms with E-state index in [1.807, 2.05) is 0 Å². The van der Waals surface area contributed by atoms with Gasteiger partial charge < -0.3 is 15.7 Å². The summed E-state index contributed by atoms with van der Waals surface area (Å²) >= 11 is 0. The minimum atomic E-state index is -0.522. The van der Waals surface area contributed by atoms with E-state index in [4.69, 9.17) is 15.7 Å². The number of hydrogen-bond donors (Lipinski definition) is 2. The van der Waals surface area contributed by atoms with Crippen molar-refractivity contribution in [2.45, 2.75) is 19.4 Å². The van der Waals surface area contributed by atoms with Crippen molar-refractivity contribution in [3.05, 3.63) is 34.4 Å². The van der Waals surface area contributed by atoms with E-state index < -0.39 is 11.0 Å². The second-order valence-corrected chi connectivity index (χ2v) is 3.45. The van der Waals surface area contributed by atoms with Crippen LogP contribution in [0.15, 0.2) is 29.4 Å². The maximum Gasteiger partial charge on any atom is 0.310 e. The zero-order valence-corrected chi connectivity index (χ0v) is 9.24. The molecule has 0 aromatic heterocycles. The number of rotatable bonds is 5. The highest BCUT2D eigenvalue weighted by Gasteiger charge is 2.16. The predicted octanol–water partition coefficient (Wildman–Crippen LogP) is 1.50. The molecule has 0 spiro atoms. The summed E-state index contributed by atoms with van der Waals surface area (Å²) in [4.78, 5) is 10.2. The summed E-state index contributed by atoms with van der Waals surface area (Å²) in [5.41, 5.74) is 5.20. The van der Waals surface area contributed by atoms with Gasteiger partial charge in [-0.2, -0.15) is 0 Å². The summed E-state index contributed by atoms with van der Waals surface area (Å²) < 4.78 is 5.37. The molecule has 0 saturated carbocycles. The predicted molar refractivity (Wildman–Crippen MR) is 61.2 cm³/mol. The molecule has 0 amide bonds. The number of benzene rings is 1. The van der Waals surface area contributed by atoms with Gasteiger partial charge in [0.2, 0.25) is 0 Å². The maximum atomic E-state index is 10.7. The van der Waals surface area contributed by atoms with Crippen LogP contribution in [-0.2, 0) is 0 Å². The molecule has 0 saturated heterocycles. The largest absolute Gasteiger partial charge is 0.483 e. The van der Waals surface area contributed by atoms with Gasteiger partial charge in [-0.1, -0.05) is 17.3 Å². The molecule has 17 heavy (non-hydrogen) atoms. The Kier molecular flexibility index (Phi) is 4.27. The van der Waals surface area contributed by atoms with Gasteiger partial charge in [-0.15, -0.1) is 0 Å². The molecular formula is C10H13N3O4. The third-order valence-corrected chi connectivity index (χ3v) is 2.02. The maximum absolute atomic E-state index is 10.7. The monoisotopic (exact) mass is 239 g/mol. The number of para-hydroxylation sites is 2. The third-order valence-electron chi connectivity index (χ3n) is 2.02. The van der Waals surface area contributed by atoms with Crippen LogP contribution in [0, 0.1) is 10.1 Å². The molecule has 0 fully saturated rings. The number of ether oxygens (including phenoxy) is 1. The second kappa shape index (κ2) is 5.69. The topological polar surface area (TPSA) is 111 Å². The average molecular weight is 239 g/mol. The van der Waals surface area contributed by atoms with E-state index in [0.29, 0.717) is 0 Å². The lowest BCUT2D eigenvalue weighted by molar-refractivity contribution is -0.386. The van der Waals surface area contributed by atoms with E-state index in [1.165, 1.54) is 12.1 Å². The van der Waals surface area contributed by atoms with Crippen LogP contribution in [0.5, 0.6) is 5.75 Å². The Morgan fingerprint density at radius 1 is 1.65 bits per heavy atom. The molecule has 1 atom stereocenters. The average Bonchev–Trinajstić information content (AvgIpc) is 2.29. The van der Waals surface area contributed by atoms with Gasteiger partial charge in [0.1, 0.15) is 11.9 Å². The van der Waals surface area contributed by atoms with E-state index in [0.717, 1.165) is 0 Å². The third kappa shape index (κ3) is 3.63. The molecule has 7 heteroatoms. The fourth-order valence-corrected chi connectivity index (χ4v) is 1.30. The van der Waals surface area contributed by atoms with E-state index in [1.54, 1.807) is 19.1 Å². The standard InChI is InChI=1S/C10H13N3O4/c1-7(6-10(11)12-14)17-9-5-3-2-4-8(9)13(15)16/h2-5,7,14H,6H2,1H3,(H2,11,12). The number of oxime groups is 1. The number of nitrogens with zero attached hydrogens (tertiary/aromatic N) is 2. The Labute approximate surface area is 97.6 Å². The summed E-state index contributed by atoms with van der Waals surface area (Å²) in [6.45, 7) is 1.68. The lowest BCUT2D eigenvalue weighted by Crippen LogP contribution is -2.22. The van der Waals surface area contributed by atoms with Gasteiger partial charge in [0, 0.05) is 12.5 Å². The van der Waals surface area contributed by atoms with Gasteiger partial charge in [-0.05, 0) is 13.0 Å². The Morgan fingerprint density at radius 2 is 2.29 bits per heavy atom. The first-order chi connectivity index (χ1) is 8.04. The lowest BCUT2D eigenvalue weighted by Gasteiger charge is -2.13. The Bertz CT molecular complexity index is 433. The van der Waals surface area contributed by atoms with Crippen LogP contribution in [0.25, 0.3) is 0 Å². The molecule has 7 nitrogen and oxygen atoms in total. The minimum Gasteiger partial charge on any atom is -0.483 e. The molecular weight excluding hydrogens is 226 g/mol. The first kappa shape index (κ1) is 12.8. The summed E-state index contributed by atoms with van der Waals surface area (Å²) in [6, 6.07) is 6.05. The SMILES string of the molecule is CC(C/C(N)=N/O)Oc1ccccc1[N+](=O)[O-]. The molecule has 1 aromatic rings. The molecule has 1 unspecified atom stereocenters. The van der Waals surface area contributed by atoms with E-state index in [-0.39, 0.29) is 23.7 Å². The molecule has 92 valence electrons. The fraction of sp³-hybridized carbons (Fsp3) is 0.300. The number of nitro benzene ring substituents is 1. The van der Waals surface area contributed by atoms with Crippen molar-refractivity contribution in [2.24, 2.45) is 10.9 Å². The molecule has 1 rings (SSSR count). The minimum absolute atomic E-state index is 0.0103. The number of nitrogens with two attached hydrogens (primary N) is 1. The first-order valence-corrected chi connectivity index (χ1v) is 4.91. The molecule has 0 radical (unpaired) electrons. The second-order valence-electron chi connectivity index (χ2n) is 3.45. The van der Waals surface area contributed by atoms with Crippen molar-refractivity contribution in [2.75, 3.05) is 0 Å². The highest BCUT2D eigenvalue weighted by atomic mass is 16.6. The Hall–Kier alpha value is -2.31. The quantitative estimate of drug-likeness (QED) is 0.266. The van der Waals surface area contributed by atoms with Crippen molar-refractivity contribution in [3.63, 3.8) is 0 Å². The highest BCUT2D eigenvalue weighted by molar-refractivity contribution is 5.80. The van der Waals surface area contributed by atoms with E-state index in [2.05, 4.69) is 5.16 Å². The van der Waals surface area contributed by atoms with E-state index >= 15 is 0 Å². The molecule has 0 bridgehead atoms. The van der Waals surface area contributed by atoms with Crippen LogP contribution in [0.4, 0.5) is 5.69 Å². The van der Waals surface area contributed by atoms with Crippen molar-refractivity contribution < 1.29 is 14.9 Å². The summed E-state index contributed by atoms with van der Waals surface area (Å²) in [5.74, 6) is 0.173. The van der Waals surface area contributed by atoms with Crippen molar-refractivity contribution in [3.8, 4) is 5.75 Å². The highest BCUT2D eigenvalue weighted by Crippen LogP contribution is 2.27. The smallest absolute Gasteiger partial charge is 0.310 e. The molecule has 0 aliphatic heterocycles. The van der Waals surface area contributed by atoms with Gasteiger partial charge in [0.05, 0.1) is 4.92 Å². The normalized spacial score (nSPS) is 13.1. The summed E-state index contributed by atoms with van der Waals surface area (Å²) in [7, 11) is 0. The van der Waals surface area contributed by atoms with Crippen molar-refractivity contribution in [1.29, 1.82) is 0 Å². The Morgan fingerprint density at radius 3 is 2.88 bits per heavy atom. The Balaban J connectivity index is 2.78. The first-order valence-electron chi connectivity index (χ1n) is 4.91. The number of hydrogen-bond acceptors (Lipinski definition) is 5. The number of nitro groups is 1. The zero-order chi connectivity index (χ0) is 12.8. The zero-order valence-electron chi connectivity index (χ0n) is 9.24. The van der Waals surface area contributed by atoms with Crippen LogP contribution < -0.4 is 10.5 Å². The summed E-state index contributed by atoms with van der Waals surface area (Å²) in [6.07, 6.45) is -0.241. The van der Waals surface area contributed by atoms with Crippen LogP contribution >= 0.6 is 0 Å². The van der Waals surface area contributed by atoms with Crippen LogP contribution in [0.1, 0.15) is 13.3 Å². The van der Waals surface area contributed by atoms with Crippen LogP contribution in [-0.4, -0.2) is 22.1 Å². The molecule has 0 aliphatic rings. The van der Waals surface area contributed by atoms with Gasteiger partial charge in [0.15, 0.2) is 5.75 Å². The van der Waals surface area contributed by atoms with Gasteiger partial charge in [-0.25, -0.2) is 0 Å². The molecule has 0 aliphatic carbocycles. The fourth-order valence-electron chi connectivity index (χ4n) is 1.30. The molecule has 1 aromatic carbocycles. The van der Waals surface area contributed by atoms with Crippen molar-refractivity contribution >= 4 is 11.5 Å². The molecule has 0 heterocycles. The van der Waals surface area contributed by atoms with Gasteiger partial charge in [0.25, 0.3) is 0 Å². The van der Waals surface area contributed by atoms with E-state index in [9.17, 15) is 10.1 Å². The van der Waals surface area contributed by atoms with Crippen LogP contribution in [0.2, 0.25) is 0 Å². The lowest BCUT2D eigenvalue weighted by atomic mass is 10.2. The van der Waals surface area contributed by atoms with Crippen LogP contribution in [0.3, 0.4) is 0 Å². The molecule has 3 N–H and O–H groups in total. The van der Waals surface area contributed by atoms with Crippen molar-refractivity contribution in [1.82, 2.24) is 0 Å². The number of amidine groups is 1. The van der Waals surface area contributed by atoms with Gasteiger partial charge >= 0.3 is 5.69 Å². The van der Waals surface area contributed by atoms with Gasteiger partial charge in [-0.3, -0.25) is 10.1 Å². The summed E-state index contributed by atoms with van der Waals surface area (Å²) in [5, 5.41) is 21.9.